The molecule has 1 atom stereocenters. The van der Waals surface area contributed by atoms with Crippen molar-refractivity contribution in [1.82, 2.24) is 5.32 Å². The Morgan fingerprint density at radius 3 is 2.50 bits per heavy atom. The van der Waals surface area contributed by atoms with E-state index in [-0.39, 0.29) is 6.10 Å². The van der Waals surface area contributed by atoms with Gasteiger partial charge < -0.3 is 10.1 Å². The molecule has 16 heavy (non-hydrogen) atoms. The summed E-state index contributed by atoms with van der Waals surface area (Å²) in [5.41, 5.74) is 1.20. The Labute approximate surface area is 99.0 Å². The zero-order valence-electron chi connectivity index (χ0n) is 10.8. The fourth-order valence-corrected chi connectivity index (χ4v) is 1.54. The quantitative estimate of drug-likeness (QED) is 0.796. The molecule has 2 nitrogen and oxygen atoms in total. The average molecular weight is 221 g/mol. The van der Waals surface area contributed by atoms with Gasteiger partial charge in [0.2, 0.25) is 0 Å². The lowest BCUT2D eigenvalue weighted by Crippen LogP contribution is -2.27. The Balaban J connectivity index is 2.34. The molecule has 0 saturated carbocycles. The summed E-state index contributed by atoms with van der Waals surface area (Å²) >= 11 is 0. The highest BCUT2D eigenvalue weighted by atomic mass is 16.5. The van der Waals surface area contributed by atoms with E-state index in [1.807, 2.05) is 18.2 Å². The second-order valence-electron chi connectivity index (χ2n) is 4.59. The third-order valence-electron chi connectivity index (χ3n) is 2.53. The van der Waals surface area contributed by atoms with E-state index in [4.69, 9.17) is 4.74 Å². The van der Waals surface area contributed by atoms with Crippen molar-refractivity contribution in [1.29, 1.82) is 0 Å². The van der Waals surface area contributed by atoms with E-state index in [0.29, 0.717) is 6.04 Å². The van der Waals surface area contributed by atoms with Gasteiger partial charge in [-0.2, -0.15) is 0 Å². The number of aryl methyl sites for hydroxylation is 1. The van der Waals surface area contributed by atoms with Gasteiger partial charge in [0, 0.05) is 6.04 Å². The van der Waals surface area contributed by atoms with Gasteiger partial charge >= 0.3 is 0 Å². The fourth-order valence-electron chi connectivity index (χ4n) is 1.54. The summed E-state index contributed by atoms with van der Waals surface area (Å²) in [4.78, 5) is 0. The van der Waals surface area contributed by atoms with E-state index < -0.39 is 0 Å². The van der Waals surface area contributed by atoms with Gasteiger partial charge in [-0.25, -0.2) is 0 Å². The van der Waals surface area contributed by atoms with Crippen LogP contribution in [0.25, 0.3) is 0 Å². The average Bonchev–Trinajstić information content (AvgIpc) is 2.21. The summed E-state index contributed by atoms with van der Waals surface area (Å²) in [6.07, 6.45) is 1.29. The highest BCUT2D eigenvalue weighted by molar-refractivity contribution is 5.31. The van der Waals surface area contributed by atoms with Gasteiger partial charge in [-0.15, -0.1) is 0 Å². The van der Waals surface area contributed by atoms with Crippen molar-refractivity contribution in [3.63, 3.8) is 0 Å². The molecule has 0 aromatic heterocycles. The summed E-state index contributed by atoms with van der Waals surface area (Å²) < 4.78 is 5.89. The van der Waals surface area contributed by atoms with Gasteiger partial charge in [0.15, 0.2) is 0 Å². The lowest BCUT2D eigenvalue weighted by molar-refractivity contribution is 0.207. The van der Waals surface area contributed by atoms with E-state index in [1.165, 1.54) is 5.56 Å². The topological polar surface area (TPSA) is 21.3 Å². The Bertz CT molecular complexity index is 309. The fraction of sp³-hybridized carbons (Fsp3) is 0.571. The van der Waals surface area contributed by atoms with Crippen LogP contribution in [0.2, 0.25) is 0 Å². The molecule has 0 radical (unpaired) electrons. The molecule has 2 heteroatoms. The van der Waals surface area contributed by atoms with Crippen LogP contribution in [0, 0.1) is 6.92 Å². The maximum atomic E-state index is 5.89. The number of rotatable bonds is 6. The SMILES string of the molecule is Cc1ccccc1OC(C)CCNC(C)C. The summed E-state index contributed by atoms with van der Waals surface area (Å²) in [7, 11) is 0. The standard InChI is InChI=1S/C14H23NO/c1-11(2)15-10-9-13(4)16-14-8-6-5-7-12(14)3/h5-8,11,13,15H,9-10H2,1-4H3. The molecule has 0 aliphatic rings. The van der Waals surface area contributed by atoms with Crippen molar-refractivity contribution in [3.8, 4) is 5.75 Å². The molecular formula is C14H23NO. The van der Waals surface area contributed by atoms with Gasteiger partial charge in [-0.05, 0) is 38.4 Å². The largest absolute Gasteiger partial charge is 0.490 e. The van der Waals surface area contributed by atoms with Crippen LogP contribution in [0.5, 0.6) is 5.75 Å². The molecule has 1 rings (SSSR count). The number of ether oxygens (including phenoxy) is 1. The summed E-state index contributed by atoms with van der Waals surface area (Å²) in [6.45, 7) is 9.52. The minimum Gasteiger partial charge on any atom is -0.490 e. The van der Waals surface area contributed by atoms with E-state index in [2.05, 4.69) is 39.1 Å². The predicted octanol–water partition coefficient (Wildman–Crippen LogP) is 3.15. The Hall–Kier alpha value is -1.02. The number of nitrogens with one attached hydrogen (secondary N) is 1. The predicted molar refractivity (Wildman–Crippen MR) is 69.0 cm³/mol. The van der Waals surface area contributed by atoms with Crippen LogP contribution >= 0.6 is 0 Å². The first-order chi connectivity index (χ1) is 7.59. The molecular weight excluding hydrogens is 198 g/mol. The molecule has 0 aliphatic carbocycles. The molecule has 0 saturated heterocycles. The van der Waals surface area contributed by atoms with Crippen LogP contribution in [0.3, 0.4) is 0 Å². The van der Waals surface area contributed by atoms with Crippen molar-refractivity contribution < 1.29 is 4.74 Å². The molecule has 1 aromatic rings. The smallest absolute Gasteiger partial charge is 0.122 e. The minimum absolute atomic E-state index is 0.257. The molecule has 1 unspecified atom stereocenters. The molecule has 1 N–H and O–H groups in total. The second-order valence-corrected chi connectivity index (χ2v) is 4.59. The maximum Gasteiger partial charge on any atom is 0.122 e. The summed E-state index contributed by atoms with van der Waals surface area (Å²) in [6, 6.07) is 8.70. The normalized spacial score (nSPS) is 12.8. The van der Waals surface area contributed by atoms with Gasteiger partial charge in [0.25, 0.3) is 0 Å². The molecule has 0 aliphatic heterocycles. The number of hydrogen-bond acceptors (Lipinski definition) is 2. The van der Waals surface area contributed by atoms with Crippen LogP contribution < -0.4 is 10.1 Å². The molecule has 0 bridgehead atoms. The minimum atomic E-state index is 0.257. The van der Waals surface area contributed by atoms with E-state index in [0.717, 1.165) is 18.7 Å². The Kier molecular flexibility index (Phi) is 5.33. The van der Waals surface area contributed by atoms with E-state index in [1.54, 1.807) is 0 Å². The maximum absolute atomic E-state index is 5.89. The third-order valence-corrected chi connectivity index (χ3v) is 2.53. The molecule has 1 aromatic carbocycles. The lowest BCUT2D eigenvalue weighted by atomic mass is 10.2. The second kappa shape index (κ2) is 6.54. The van der Waals surface area contributed by atoms with Gasteiger partial charge in [-0.3, -0.25) is 0 Å². The monoisotopic (exact) mass is 221 g/mol. The number of benzene rings is 1. The molecule has 0 spiro atoms. The molecule has 0 heterocycles. The number of hydrogen-bond donors (Lipinski definition) is 1. The van der Waals surface area contributed by atoms with Crippen molar-refractivity contribution in [2.75, 3.05) is 6.54 Å². The Morgan fingerprint density at radius 2 is 1.88 bits per heavy atom. The first-order valence-corrected chi connectivity index (χ1v) is 6.05. The summed E-state index contributed by atoms with van der Waals surface area (Å²) in [5.74, 6) is 1.000. The van der Waals surface area contributed by atoms with Crippen LogP contribution in [0.4, 0.5) is 0 Å². The number of para-hydroxylation sites is 1. The molecule has 0 fully saturated rings. The zero-order chi connectivity index (χ0) is 12.0. The zero-order valence-corrected chi connectivity index (χ0v) is 10.8. The lowest BCUT2D eigenvalue weighted by Gasteiger charge is -2.17. The van der Waals surface area contributed by atoms with Crippen molar-refractivity contribution in [2.45, 2.75) is 46.3 Å². The first kappa shape index (κ1) is 13.0. The van der Waals surface area contributed by atoms with E-state index in [9.17, 15) is 0 Å². The first-order valence-electron chi connectivity index (χ1n) is 6.05. The highest BCUT2D eigenvalue weighted by Gasteiger charge is 2.05. The van der Waals surface area contributed by atoms with Gasteiger partial charge in [-0.1, -0.05) is 32.0 Å². The van der Waals surface area contributed by atoms with E-state index >= 15 is 0 Å². The summed E-state index contributed by atoms with van der Waals surface area (Å²) in [5, 5.41) is 3.40. The third kappa shape index (κ3) is 4.67. The van der Waals surface area contributed by atoms with Crippen molar-refractivity contribution >= 4 is 0 Å². The van der Waals surface area contributed by atoms with Crippen LogP contribution in [-0.2, 0) is 0 Å². The van der Waals surface area contributed by atoms with Gasteiger partial charge in [0.1, 0.15) is 5.75 Å². The molecule has 0 amide bonds. The van der Waals surface area contributed by atoms with Gasteiger partial charge in [0.05, 0.1) is 6.10 Å². The highest BCUT2D eigenvalue weighted by Crippen LogP contribution is 2.18. The Morgan fingerprint density at radius 1 is 1.19 bits per heavy atom. The molecule has 90 valence electrons. The van der Waals surface area contributed by atoms with Crippen LogP contribution in [-0.4, -0.2) is 18.7 Å². The van der Waals surface area contributed by atoms with Crippen LogP contribution in [0.1, 0.15) is 32.8 Å². The van der Waals surface area contributed by atoms with Crippen molar-refractivity contribution in [3.05, 3.63) is 29.8 Å². The van der Waals surface area contributed by atoms with Crippen molar-refractivity contribution in [2.24, 2.45) is 0 Å². The van der Waals surface area contributed by atoms with Crippen LogP contribution in [0.15, 0.2) is 24.3 Å².